The van der Waals surface area contributed by atoms with E-state index in [2.05, 4.69) is 35.9 Å². The van der Waals surface area contributed by atoms with Crippen LogP contribution in [0, 0.1) is 0 Å². The summed E-state index contributed by atoms with van der Waals surface area (Å²) in [6.45, 7) is 3.51. The topological polar surface area (TPSA) is 37.7 Å². The molecular formula is C24H24ClN3O2S. The molecule has 1 aliphatic heterocycles. The fourth-order valence-electron chi connectivity index (χ4n) is 3.95. The van der Waals surface area contributed by atoms with Crippen LogP contribution >= 0.6 is 23.8 Å². The summed E-state index contributed by atoms with van der Waals surface area (Å²) in [6, 6.07) is 13.4. The maximum Gasteiger partial charge on any atom is 0.281 e. The lowest BCUT2D eigenvalue weighted by atomic mass is 10.1. The number of para-hydroxylation sites is 1. The van der Waals surface area contributed by atoms with E-state index in [0.717, 1.165) is 23.9 Å². The van der Waals surface area contributed by atoms with E-state index in [4.69, 9.17) is 28.6 Å². The molecule has 1 saturated heterocycles. The Morgan fingerprint density at radius 1 is 1.16 bits per heavy atom. The summed E-state index contributed by atoms with van der Waals surface area (Å²) in [5, 5.41) is 2.16. The average molecular weight is 454 g/mol. The number of rotatable bonds is 6. The number of amides is 1. The Bertz CT molecular complexity index is 1180. The number of halogens is 1. The number of carbonyl (C=O) groups is 1. The van der Waals surface area contributed by atoms with Crippen molar-refractivity contribution in [2.45, 2.75) is 19.9 Å². The van der Waals surface area contributed by atoms with Gasteiger partial charge in [0.05, 0.1) is 17.8 Å². The van der Waals surface area contributed by atoms with E-state index in [1.165, 1.54) is 11.1 Å². The average Bonchev–Trinajstić information content (AvgIpc) is 3.23. The summed E-state index contributed by atoms with van der Waals surface area (Å²) in [5.74, 6) is -0.153. The van der Waals surface area contributed by atoms with Gasteiger partial charge < -0.3 is 14.2 Å². The highest BCUT2D eigenvalue weighted by atomic mass is 35.5. The van der Waals surface area contributed by atoms with Crippen molar-refractivity contribution in [1.29, 1.82) is 0 Å². The molecule has 0 radical (unpaired) electrons. The number of benzene rings is 2. The molecule has 160 valence electrons. The molecule has 1 aromatic heterocycles. The van der Waals surface area contributed by atoms with Crippen LogP contribution in [0.15, 0.2) is 54.4 Å². The molecule has 0 spiro atoms. The first-order chi connectivity index (χ1) is 15.0. The second kappa shape index (κ2) is 8.83. The third kappa shape index (κ3) is 3.87. The number of thiocarbonyl (C=S) groups is 1. The van der Waals surface area contributed by atoms with E-state index < -0.39 is 0 Å². The highest BCUT2D eigenvalue weighted by molar-refractivity contribution is 7.80. The Balaban J connectivity index is 1.80. The van der Waals surface area contributed by atoms with Gasteiger partial charge in [0.2, 0.25) is 0 Å². The minimum Gasteiger partial charge on any atom is -0.383 e. The fraction of sp³-hybridized carbons (Fsp3) is 0.250. The van der Waals surface area contributed by atoms with Gasteiger partial charge in [-0.2, -0.15) is 0 Å². The minimum atomic E-state index is -0.153. The second-order valence-electron chi connectivity index (χ2n) is 7.43. The third-order valence-corrected chi connectivity index (χ3v) is 6.28. The Hall–Kier alpha value is -2.67. The van der Waals surface area contributed by atoms with E-state index in [0.29, 0.717) is 28.1 Å². The van der Waals surface area contributed by atoms with Crippen LogP contribution in [0.5, 0.6) is 0 Å². The Labute approximate surface area is 192 Å². The van der Waals surface area contributed by atoms with Crippen molar-refractivity contribution in [1.82, 2.24) is 9.47 Å². The zero-order chi connectivity index (χ0) is 22.1. The Morgan fingerprint density at radius 2 is 1.90 bits per heavy atom. The number of carbonyl (C=O) groups excluding carboxylic acids is 1. The first-order valence-electron chi connectivity index (χ1n) is 10.1. The number of hydrogen-bond acceptors (Lipinski definition) is 3. The minimum absolute atomic E-state index is 0.153. The molecule has 0 aliphatic carbocycles. The monoisotopic (exact) mass is 453 g/mol. The first-order valence-corrected chi connectivity index (χ1v) is 10.9. The molecule has 2 heterocycles. The molecule has 2 aromatic carbocycles. The molecule has 7 heteroatoms. The van der Waals surface area contributed by atoms with Gasteiger partial charge in [0.25, 0.3) is 5.91 Å². The van der Waals surface area contributed by atoms with Gasteiger partial charge >= 0.3 is 0 Å². The number of aryl methyl sites for hydroxylation is 1. The van der Waals surface area contributed by atoms with Crippen LogP contribution in [0.3, 0.4) is 0 Å². The smallest absolute Gasteiger partial charge is 0.281 e. The molecule has 1 fully saturated rings. The highest BCUT2D eigenvalue weighted by Crippen LogP contribution is 2.32. The Kier molecular flexibility index (Phi) is 6.14. The van der Waals surface area contributed by atoms with Gasteiger partial charge in [-0.1, -0.05) is 36.7 Å². The lowest BCUT2D eigenvalue weighted by molar-refractivity contribution is -0.114. The van der Waals surface area contributed by atoms with Gasteiger partial charge in [0, 0.05) is 42.9 Å². The van der Waals surface area contributed by atoms with Crippen molar-refractivity contribution in [3.05, 3.63) is 70.5 Å². The van der Waals surface area contributed by atoms with Crippen LogP contribution in [0.25, 0.3) is 17.0 Å². The van der Waals surface area contributed by atoms with E-state index in [9.17, 15) is 4.79 Å². The number of anilines is 1. The maximum absolute atomic E-state index is 13.3. The largest absolute Gasteiger partial charge is 0.383 e. The van der Waals surface area contributed by atoms with Crippen LogP contribution < -0.4 is 4.90 Å². The van der Waals surface area contributed by atoms with Gasteiger partial charge in [-0.05, 0) is 54.5 Å². The van der Waals surface area contributed by atoms with Crippen LogP contribution in [-0.2, 0) is 22.5 Å². The van der Waals surface area contributed by atoms with Crippen molar-refractivity contribution in [3.63, 3.8) is 0 Å². The van der Waals surface area contributed by atoms with E-state index in [-0.39, 0.29) is 5.91 Å². The van der Waals surface area contributed by atoms with Crippen LogP contribution in [-0.4, -0.2) is 41.3 Å². The van der Waals surface area contributed by atoms with Gasteiger partial charge in [0.1, 0.15) is 5.70 Å². The van der Waals surface area contributed by atoms with E-state index in [1.807, 2.05) is 13.1 Å². The quantitative estimate of drug-likeness (QED) is 0.384. The van der Waals surface area contributed by atoms with Crippen LogP contribution in [0.2, 0.25) is 5.02 Å². The van der Waals surface area contributed by atoms with Crippen molar-refractivity contribution in [3.8, 4) is 0 Å². The number of likely N-dealkylation sites (N-methyl/N-ethyl adjacent to an activating group) is 1. The highest BCUT2D eigenvalue weighted by Gasteiger charge is 2.37. The molecule has 4 rings (SSSR count). The SMILES string of the molecule is CCc1cccc2c(/C=C3\C(=O)N(c4ccc(Cl)cc4)C(=S)N3C)cn(CCOC)c12. The molecule has 0 saturated carbocycles. The van der Waals surface area contributed by atoms with Gasteiger partial charge in [-0.15, -0.1) is 0 Å². The van der Waals surface area contributed by atoms with Crippen molar-refractivity contribution >= 4 is 57.5 Å². The molecule has 0 N–H and O–H groups in total. The number of hydrogen-bond donors (Lipinski definition) is 0. The normalized spacial score (nSPS) is 15.7. The zero-order valence-electron chi connectivity index (χ0n) is 17.8. The predicted octanol–water partition coefficient (Wildman–Crippen LogP) is 5.11. The zero-order valence-corrected chi connectivity index (χ0v) is 19.3. The number of fused-ring (bicyclic) bond motifs is 1. The lowest BCUT2D eigenvalue weighted by Crippen LogP contribution is -2.31. The third-order valence-electron chi connectivity index (χ3n) is 5.57. The Morgan fingerprint density at radius 3 is 2.58 bits per heavy atom. The molecule has 31 heavy (non-hydrogen) atoms. The van der Waals surface area contributed by atoms with E-state index in [1.54, 1.807) is 41.2 Å². The molecule has 5 nitrogen and oxygen atoms in total. The molecule has 1 amide bonds. The summed E-state index contributed by atoms with van der Waals surface area (Å²) < 4.78 is 7.51. The van der Waals surface area contributed by atoms with Crippen molar-refractivity contribution < 1.29 is 9.53 Å². The molecule has 1 aliphatic rings. The van der Waals surface area contributed by atoms with Gasteiger partial charge in [-0.3, -0.25) is 9.69 Å². The van der Waals surface area contributed by atoms with Gasteiger partial charge in [-0.25, -0.2) is 0 Å². The van der Waals surface area contributed by atoms with Crippen LogP contribution in [0.1, 0.15) is 18.1 Å². The summed E-state index contributed by atoms with van der Waals surface area (Å²) in [7, 11) is 3.53. The number of nitrogens with zero attached hydrogens (tertiary/aromatic N) is 3. The predicted molar refractivity (Wildman–Crippen MR) is 130 cm³/mol. The molecule has 0 unspecified atom stereocenters. The molecule has 0 bridgehead atoms. The van der Waals surface area contributed by atoms with Crippen molar-refractivity contribution in [2.24, 2.45) is 0 Å². The first kappa shape index (κ1) is 21.6. The standard InChI is InChI=1S/C24H24ClN3O2S/c1-4-16-6-5-7-20-17(15-27(22(16)20)12-13-30-3)14-21-23(29)28(24(31)26(21)2)19-10-8-18(25)9-11-19/h5-11,14-15H,4,12-13H2,1-3H3/b21-14+. The molecular weight excluding hydrogens is 430 g/mol. The lowest BCUT2D eigenvalue weighted by Gasteiger charge is -2.16. The summed E-state index contributed by atoms with van der Waals surface area (Å²) in [5.41, 5.74) is 4.66. The summed E-state index contributed by atoms with van der Waals surface area (Å²) in [4.78, 5) is 16.6. The van der Waals surface area contributed by atoms with Crippen LogP contribution in [0.4, 0.5) is 5.69 Å². The summed E-state index contributed by atoms with van der Waals surface area (Å²) in [6.07, 6.45) is 4.94. The fourth-order valence-corrected chi connectivity index (χ4v) is 4.37. The van der Waals surface area contributed by atoms with Crippen molar-refractivity contribution in [2.75, 3.05) is 25.7 Å². The molecule has 3 aromatic rings. The molecule has 0 atom stereocenters. The number of methoxy groups -OCH3 is 1. The number of ether oxygens (including phenoxy) is 1. The van der Waals surface area contributed by atoms with Gasteiger partial charge in [0.15, 0.2) is 5.11 Å². The summed E-state index contributed by atoms with van der Waals surface area (Å²) >= 11 is 11.6. The van der Waals surface area contributed by atoms with E-state index >= 15 is 0 Å². The maximum atomic E-state index is 13.3. The second-order valence-corrected chi connectivity index (χ2v) is 8.23. The number of aromatic nitrogens is 1.